The highest BCUT2D eigenvalue weighted by atomic mass is 19.4. The molecule has 5 heteroatoms. The minimum absolute atomic E-state index is 0.280. The van der Waals surface area contributed by atoms with Crippen LogP contribution in [0.4, 0.5) is 13.2 Å². The lowest BCUT2D eigenvalue weighted by atomic mass is 9.99. The lowest BCUT2D eigenvalue weighted by Gasteiger charge is -2.18. The van der Waals surface area contributed by atoms with Crippen LogP contribution in [0.2, 0.25) is 0 Å². The largest absolute Gasteiger partial charge is 0.390 e. The van der Waals surface area contributed by atoms with Crippen molar-refractivity contribution in [2.75, 3.05) is 0 Å². The summed E-state index contributed by atoms with van der Waals surface area (Å²) in [6, 6.07) is 6.57. The molecule has 0 spiro atoms. The number of benzene rings is 1. The Labute approximate surface area is 92.6 Å². The second kappa shape index (κ2) is 5.32. The van der Waals surface area contributed by atoms with Gasteiger partial charge in [-0.1, -0.05) is 24.3 Å². The molecule has 16 heavy (non-hydrogen) atoms. The zero-order valence-electron chi connectivity index (χ0n) is 9.01. The summed E-state index contributed by atoms with van der Waals surface area (Å²) < 4.78 is 36.6. The average Bonchev–Trinajstić information content (AvgIpc) is 2.18. The Bertz CT molecular complexity index is 336. The van der Waals surface area contributed by atoms with Crippen LogP contribution >= 0.6 is 0 Å². The standard InChI is InChI=1S/C11H15F3N2/c1-8-4-2-3-5-9(8)6-10(16-15)7-11(12,13)14/h2-5,10,16H,6-7,15H2,1H3. The second-order valence-corrected chi connectivity index (χ2v) is 3.81. The molecule has 1 rings (SSSR count). The molecule has 1 atom stereocenters. The summed E-state index contributed by atoms with van der Waals surface area (Å²) in [5.41, 5.74) is 4.08. The van der Waals surface area contributed by atoms with Crippen molar-refractivity contribution in [3.63, 3.8) is 0 Å². The molecule has 0 fully saturated rings. The first kappa shape index (κ1) is 13.0. The van der Waals surface area contributed by atoms with Gasteiger partial charge in [-0.25, -0.2) is 0 Å². The molecule has 0 heterocycles. The van der Waals surface area contributed by atoms with E-state index >= 15 is 0 Å². The molecular formula is C11H15F3N2. The van der Waals surface area contributed by atoms with Gasteiger partial charge in [0.15, 0.2) is 0 Å². The van der Waals surface area contributed by atoms with Crippen LogP contribution in [0, 0.1) is 6.92 Å². The first-order valence-corrected chi connectivity index (χ1v) is 5.00. The van der Waals surface area contributed by atoms with Crippen LogP contribution in [-0.4, -0.2) is 12.2 Å². The number of alkyl halides is 3. The zero-order chi connectivity index (χ0) is 12.2. The van der Waals surface area contributed by atoms with E-state index in [0.29, 0.717) is 0 Å². The Kier molecular flexibility index (Phi) is 4.32. The van der Waals surface area contributed by atoms with Crippen molar-refractivity contribution in [3.05, 3.63) is 35.4 Å². The number of hydrogen-bond acceptors (Lipinski definition) is 2. The highest BCUT2D eigenvalue weighted by Gasteiger charge is 2.31. The maximum atomic E-state index is 12.2. The quantitative estimate of drug-likeness (QED) is 0.617. The van der Waals surface area contributed by atoms with E-state index in [-0.39, 0.29) is 6.42 Å². The van der Waals surface area contributed by atoms with Gasteiger partial charge in [-0.3, -0.25) is 11.3 Å². The van der Waals surface area contributed by atoms with E-state index in [2.05, 4.69) is 5.43 Å². The molecule has 0 aromatic heterocycles. The van der Waals surface area contributed by atoms with Gasteiger partial charge < -0.3 is 0 Å². The van der Waals surface area contributed by atoms with Crippen LogP contribution in [0.25, 0.3) is 0 Å². The van der Waals surface area contributed by atoms with Crippen molar-refractivity contribution in [3.8, 4) is 0 Å². The van der Waals surface area contributed by atoms with Crippen LogP contribution in [0.15, 0.2) is 24.3 Å². The number of aryl methyl sites for hydroxylation is 1. The van der Waals surface area contributed by atoms with E-state index in [4.69, 9.17) is 5.84 Å². The monoisotopic (exact) mass is 232 g/mol. The number of halogens is 3. The summed E-state index contributed by atoms with van der Waals surface area (Å²) >= 11 is 0. The fraction of sp³-hybridized carbons (Fsp3) is 0.455. The molecule has 0 aliphatic rings. The summed E-state index contributed by atoms with van der Waals surface area (Å²) in [5.74, 6) is 5.13. The SMILES string of the molecule is Cc1ccccc1CC(CC(F)(F)F)NN. The van der Waals surface area contributed by atoms with Crippen molar-refractivity contribution < 1.29 is 13.2 Å². The predicted molar refractivity (Wildman–Crippen MR) is 56.7 cm³/mol. The Morgan fingerprint density at radius 3 is 2.44 bits per heavy atom. The Balaban J connectivity index is 2.67. The zero-order valence-corrected chi connectivity index (χ0v) is 9.01. The third-order valence-electron chi connectivity index (χ3n) is 2.44. The van der Waals surface area contributed by atoms with Crippen LogP contribution in [0.3, 0.4) is 0 Å². The smallest absolute Gasteiger partial charge is 0.271 e. The minimum atomic E-state index is -4.19. The highest BCUT2D eigenvalue weighted by Crippen LogP contribution is 2.23. The molecule has 0 radical (unpaired) electrons. The van der Waals surface area contributed by atoms with Crippen molar-refractivity contribution in [1.29, 1.82) is 0 Å². The molecule has 1 aromatic rings. The number of hydrazine groups is 1. The topological polar surface area (TPSA) is 38.0 Å². The molecule has 1 aromatic carbocycles. The maximum Gasteiger partial charge on any atom is 0.390 e. The Morgan fingerprint density at radius 1 is 1.31 bits per heavy atom. The van der Waals surface area contributed by atoms with E-state index in [1.165, 1.54) is 0 Å². The van der Waals surface area contributed by atoms with E-state index in [1.807, 2.05) is 31.2 Å². The molecule has 1 unspecified atom stereocenters. The number of rotatable bonds is 4. The van der Waals surface area contributed by atoms with E-state index in [9.17, 15) is 13.2 Å². The van der Waals surface area contributed by atoms with Crippen molar-refractivity contribution in [1.82, 2.24) is 5.43 Å². The van der Waals surface area contributed by atoms with Gasteiger partial charge in [0.2, 0.25) is 0 Å². The molecule has 0 saturated heterocycles. The van der Waals surface area contributed by atoms with Gasteiger partial charge in [0.05, 0.1) is 6.42 Å². The van der Waals surface area contributed by atoms with E-state index < -0.39 is 18.6 Å². The second-order valence-electron chi connectivity index (χ2n) is 3.81. The molecule has 0 aliphatic carbocycles. The number of hydrogen-bond donors (Lipinski definition) is 2. The summed E-state index contributed by atoms with van der Waals surface area (Å²) in [4.78, 5) is 0. The Hall–Kier alpha value is -1.07. The summed E-state index contributed by atoms with van der Waals surface area (Å²) in [5, 5.41) is 0. The van der Waals surface area contributed by atoms with Crippen molar-refractivity contribution in [2.24, 2.45) is 5.84 Å². The van der Waals surface area contributed by atoms with Crippen LogP contribution < -0.4 is 11.3 Å². The minimum Gasteiger partial charge on any atom is -0.271 e. The highest BCUT2D eigenvalue weighted by molar-refractivity contribution is 5.26. The fourth-order valence-electron chi connectivity index (χ4n) is 1.57. The van der Waals surface area contributed by atoms with Crippen molar-refractivity contribution >= 4 is 0 Å². The van der Waals surface area contributed by atoms with Gasteiger partial charge in [0, 0.05) is 6.04 Å². The van der Waals surface area contributed by atoms with Gasteiger partial charge in [0.1, 0.15) is 0 Å². The molecule has 0 amide bonds. The predicted octanol–water partition coefficient (Wildman–Crippen LogP) is 2.32. The number of nitrogens with two attached hydrogens (primary N) is 1. The molecular weight excluding hydrogens is 217 g/mol. The molecule has 0 bridgehead atoms. The van der Waals surface area contributed by atoms with Gasteiger partial charge in [-0.2, -0.15) is 13.2 Å². The first-order chi connectivity index (χ1) is 7.42. The lowest BCUT2D eigenvalue weighted by Crippen LogP contribution is -2.40. The molecule has 90 valence electrons. The van der Waals surface area contributed by atoms with Gasteiger partial charge in [0.25, 0.3) is 0 Å². The average molecular weight is 232 g/mol. The summed E-state index contributed by atoms with van der Waals surface area (Å²) in [6.45, 7) is 1.87. The van der Waals surface area contributed by atoms with Gasteiger partial charge >= 0.3 is 6.18 Å². The first-order valence-electron chi connectivity index (χ1n) is 5.00. The van der Waals surface area contributed by atoms with Crippen LogP contribution in [0.5, 0.6) is 0 Å². The van der Waals surface area contributed by atoms with Gasteiger partial charge in [-0.05, 0) is 24.5 Å². The van der Waals surface area contributed by atoms with Crippen molar-refractivity contribution in [2.45, 2.75) is 32.0 Å². The summed E-state index contributed by atoms with van der Waals surface area (Å²) in [6.07, 6.45) is -4.83. The summed E-state index contributed by atoms with van der Waals surface area (Å²) in [7, 11) is 0. The number of nitrogens with one attached hydrogen (secondary N) is 1. The lowest BCUT2D eigenvalue weighted by molar-refractivity contribution is -0.140. The third kappa shape index (κ3) is 4.20. The van der Waals surface area contributed by atoms with E-state index in [0.717, 1.165) is 11.1 Å². The normalized spacial score (nSPS) is 13.8. The fourth-order valence-corrected chi connectivity index (χ4v) is 1.57. The van der Waals surface area contributed by atoms with Crippen LogP contribution in [0.1, 0.15) is 17.5 Å². The van der Waals surface area contributed by atoms with Gasteiger partial charge in [-0.15, -0.1) is 0 Å². The van der Waals surface area contributed by atoms with Crippen LogP contribution in [-0.2, 0) is 6.42 Å². The van der Waals surface area contributed by atoms with E-state index in [1.54, 1.807) is 0 Å². The molecule has 2 nitrogen and oxygen atoms in total. The molecule has 0 saturated carbocycles. The third-order valence-corrected chi connectivity index (χ3v) is 2.44. The molecule has 0 aliphatic heterocycles. The maximum absolute atomic E-state index is 12.2. The molecule has 3 N–H and O–H groups in total. The Morgan fingerprint density at radius 2 is 1.94 bits per heavy atom.